The van der Waals surface area contributed by atoms with Crippen molar-refractivity contribution in [3.05, 3.63) is 24.0 Å². The number of carbonyl (C=O) groups excluding carboxylic acids is 1. The summed E-state index contributed by atoms with van der Waals surface area (Å²) >= 11 is 0. The van der Waals surface area contributed by atoms with E-state index in [1.54, 1.807) is 18.5 Å². The minimum atomic E-state index is -3.39. The van der Waals surface area contributed by atoms with Gasteiger partial charge in [0.1, 0.15) is 11.5 Å². The third-order valence-corrected chi connectivity index (χ3v) is 5.64. The molecule has 1 unspecified atom stereocenters. The maximum absolute atomic E-state index is 12.1. The van der Waals surface area contributed by atoms with Crippen LogP contribution in [0, 0.1) is 5.92 Å². The Kier molecular flexibility index (Phi) is 5.59. The summed E-state index contributed by atoms with van der Waals surface area (Å²) in [5, 5.41) is 12.3. The first-order valence-electron chi connectivity index (χ1n) is 7.51. The van der Waals surface area contributed by atoms with E-state index in [2.05, 4.69) is 10.3 Å². The van der Waals surface area contributed by atoms with E-state index in [1.807, 2.05) is 0 Å². The molecule has 7 nitrogen and oxygen atoms in total. The number of hydrogen-bond donors (Lipinski definition) is 2. The zero-order chi connectivity index (χ0) is 17.0. The number of methoxy groups -OCH3 is 1. The van der Waals surface area contributed by atoms with Crippen LogP contribution in [0.1, 0.15) is 31.4 Å². The van der Waals surface area contributed by atoms with Crippen LogP contribution in [-0.2, 0) is 14.6 Å². The maximum Gasteiger partial charge on any atom is 0.235 e. The topological polar surface area (TPSA) is 106 Å². The highest BCUT2D eigenvalue weighted by Gasteiger charge is 2.36. The second kappa shape index (κ2) is 7.27. The van der Waals surface area contributed by atoms with Crippen molar-refractivity contribution in [2.45, 2.75) is 31.9 Å². The van der Waals surface area contributed by atoms with E-state index in [1.165, 1.54) is 14.0 Å². The molecule has 128 valence electrons. The number of aromatic nitrogens is 1. The van der Waals surface area contributed by atoms with Crippen molar-refractivity contribution in [2.24, 2.45) is 5.92 Å². The molecule has 0 saturated heterocycles. The Labute approximate surface area is 136 Å². The molecule has 1 aliphatic carbocycles. The average molecular weight is 342 g/mol. The Morgan fingerprint density at radius 3 is 2.74 bits per heavy atom. The average Bonchev–Trinajstić information content (AvgIpc) is 2.49. The first-order valence-corrected chi connectivity index (χ1v) is 9.33. The van der Waals surface area contributed by atoms with Crippen molar-refractivity contribution in [1.82, 2.24) is 10.3 Å². The molecule has 2 N–H and O–H groups in total. The number of nitrogens with one attached hydrogen (secondary N) is 1. The lowest BCUT2D eigenvalue weighted by molar-refractivity contribution is -0.120. The van der Waals surface area contributed by atoms with Crippen molar-refractivity contribution in [3.63, 3.8) is 0 Å². The number of pyridine rings is 1. The fraction of sp³-hybridized carbons (Fsp3) is 0.600. The summed E-state index contributed by atoms with van der Waals surface area (Å²) in [5.41, 5.74) is 0.739. The van der Waals surface area contributed by atoms with Crippen LogP contribution in [0.15, 0.2) is 18.5 Å². The van der Waals surface area contributed by atoms with Gasteiger partial charge in [0.05, 0.1) is 25.5 Å². The van der Waals surface area contributed by atoms with Crippen LogP contribution >= 0.6 is 0 Å². The number of hydrogen-bond acceptors (Lipinski definition) is 6. The van der Waals surface area contributed by atoms with Gasteiger partial charge in [-0.05, 0) is 30.4 Å². The highest BCUT2D eigenvalue weighted by Crippen LogP contribution is 2.38. The molecule has 0 aromatic carbocycles. The third kappa shape index (κ3) is 4.65. The van der Waals surface area contributed by atoms with E-state index >= 15 is 0 Å². The zero-order valence-corrected chi connectivity index (χ0v) is 14.0. The van der Waals surface area contributed by atoms with Gasteiger partial charge in [0.15, 0.2) is 9.84 Å². The zero-order valence-electron chi connectivity index (χ0n) is 13.2. The molecule has 0 radical (unpaired) electrons. The number of amides is 1. The highest BCUT2D eigenvalue weighted by atomic mass is 32.2. The summed E-state index contributed by atoms with van der Waals surface area (Å²) in [6.07, 6.45) is 3.91. The number of aliphatic hydroxyl groups excluding tert-OH is 1. The van der Waals surface area contributed by atoms with Gasteiger partial charge in [-0.3, -0.25) is 9.78 Å². The van der Waals surface area contributed by atoms with Crippen LogP contribution in [0.3, 0.4) is 0 Å². The van der Waals surface area contributed by atoms with Crippen LogP contribution in [0.4, 0.5) is 0 Å². The molecule has 1 atom stereocenters. The molecule has 0 spiro atoms. The smallest absolute Gasteiger partial charge is 0.235 e. The van der Waals surface area contributed by atoms with E-state index in [0.717, 1.165) is 5.56 Å². The second-order valence-corrected chi connectivity index (χ2v) is 8.12. The molecule has 1 aromatic rings. The van der Waals surface area contributed by atoms with E-state index in [0.29, 0.717) is 18.6 Å². The summed E-state index contributed by atoms with van der Waals surface area (Å²) in [7, 11) is -1.86. The van der Waals surface area contributed by atoms with Crippen LogP contribution in [0.5, 0.6) is 5.75 Å². The van der Waals surface area contributed by atoms with Gasteiger partial charge in [0, 0.05) is 11.9 Å². The van der Waals surface area contributed by atoms with Crippen LogP contribution in [0.2, 0.25) is 0 Å². The van der Waals surface area contributed by atoms with Crippen LogP contribution in [0.25, 0.3) is 0 Å². The molecular formula is C15H22N2O5S. The predicted molar refractivity (Wildman–Crippen MR) is 84.7 cm³/mol. The van der Waals surface area contributed by atoms with Crippen LogP contribution in [-0.4, -0.2) is 49.1 Å². The Bertz CT molecular complexity index is 656. The van der Waals surface area contributed by atoms with Crippen molar-refractivity contribution in [3.8, 4) is 5.75 Å². The third-order valence-electron chi connectivity index (χ3n) is 4.06. The van der Waals surface area contributed by atoms with Gasteiger partial charge in [-0.15, -0.1) is 0 Å². The Balaban J connectivity index is 2.16. The van der Waals surface area contributed by atoms with Gasteiger partial charge in [0.2, 0.25) is 5.91 Å². The number of sulfone groups is 1. The fourth-order valence-corrected chi connectivity index (χ4v) is 3.30. The number of ether oxygens (including phenoxy) is 1. The molecular weight excluding hydrogens is 320 g/mol. The number of aliphatic hydroxyl groups is 1. The molecule has 23 heavy (non-hydrogen) atoms. The quantitative estimate of drug-likeness (QED) is 0.745. The molecule has 1 aromatic heterocycles. The van der Waals surface area contributed by atoms with Crippen molar-refractivity contribution >= 4 is 15.7 Å². The normalized spacial score (nSPS) is 22.0. The van der Waals surface area contributed by atoms with E-state index in [-0.39, 0.29) is 23.8 Å². The molecule has 2 rings (SSSR count). The number of nitrogens with zero attached hydrogens (tertiary/aromatic N) is 1. The number of carbonyl (C=O) groups is 1. The van der Waals surface area contributed by atoms with E-state index in [9.17, 15) is 18.3 Å². The summed E-state index contributed by atoms with van der Waals surface area (Å²) in [4.78, 5) is 16.2. The SMILES string of the molecule is CCS(=O)(=O)CC(=O)NC(c1cncc(OC)c1)C1CC(O)C1. The summed E-state index contributed by atoms with van der Waals surface area (Å²) in [6, 6.07) is 1.37. The Hall–Kier alpha value is -1.67. The first kappa shape index (κ1) is 17.7. The van der Waals surface area contributed by atoms with Crippen LogP contribution < -0.4 is 10.1 Å². The van der Waals surface area contributed by atoms with Gasteiger partial charge in [-0.25, -0.2) is 8.42 Å². The maximum atomic E-state index is 12.1. The molecule has 1 aliphatic rings. The lowest BCUT2D eigenvalue weighted by Gasteiger charge is -2.38. The highest BCUT2D eigenvalue weighted by molar-refractivity contribution is 7.92. The fourth-order valence-electron chi connectivity index (χ4n) is 2.61. The van der Waals surface area contributed by atoms with Crippen molar-refractivity contribution in [1.29, 1.82) is 0 Å². The molecule has 1 heterocycles. The van der Waals surface area contributed by atoms with Gasteiger partial charge < -0.3 is 15.2 Å². The van der Waals surface area contributed by atoms with Crippen molar-refractivity contribution < 1.29 is 23.1 Å². The summed E-state index contributed by atoms with van der Waals surface area (Å²) in [5.74, 6) is -0.545. The minimum absolute atomic E-state index is 0.0483. The minimum Gasteiger partial charge on any atom is -0.495 e. The Morgan fingerprint density at radius 1 is 1.48 bits per heavy atom. The van der Waals surface area contributed by atoms with Gasteiger partial charge in [-0.2, -0.15) is 0 Å². The number of rotatable bonds is 7. The molecule has 8 heteroatoms. The van der Waals surface area contributed by atoms with E-state index < -0.39 is 21.5 Å². The monoisotopic (exact) mass is 342 g/mol. The molecule has 0 bridgehead atoms. The van der Waals surface area contributed by atoms with E-state index in [4.69, 9.17) is 4.74 Å². The van der Waals surface area contributed by atoms with Crippen molar-refractivity contribution in [2.75, 3.05) is 18.6 Å². The van der Waals surface area contributed by atoms with Gasteiger partial charge >= 0.3 is 0 Å². The molecule has 1 amide bonds. The lowest BCUT2D eigenvalue weighted by atomic mass is 9.75. The van der Waals surface area contributed by atoms with Gasteiger partial charge in [0.25, 0.3) is 0 Å². The standard InChI is InChI=1S/C15H22N2O5S/c1-3-23(20,21)9-14(19)17-15(10-4-12(18)5-10)11-6-13(22-2)8-16-7-11/h6-8,10,12,15,18H,3-5,9H2,1-2H3,(H,17,19). The first-order chi connectivity index (χ1) is 10.8. The molecule has 1 fully saturated rings. The second-order valence-electron chi connectivity index (χ2n) is 5.77. The lowest BCUT2D eigenvalue weighted by Crippen LogP contribution is -2.43. The molecule has 1 saturated carbocycles. The molecule has 0 aliphatic heterocycles. The summed E-state index contributed by atoms with van der Waals surface area (Å²) in [6.45, 7) is 1.51. The largest absolute Gasteiger partial charge is 0.495 e. The van der Waals surface area contributed by atoms with Gasteiger partial charge in [-0.1, -0.05) is 6.92 Å². The summed E-state index contributed by atoms with van der Waals surface area (Å²) < 4.78 is 28.3. The predicted octanol–water partition coefficient (Wildman–Crippen LogP) is 0.453. The Morgan fingerprint density at radius 2 is 2.17 bits per heavy atom.